The number of aromatic nitrogens is 1. The molecule has 2 heterocycles. The third-order valence-electron chi connectivity index (χ3n) is 3.76. The maximum absolute atomic E-state index is 12.8. The summed E-state index contributed by atoms with van der Waals surface area (Å²) < 4.78 is 38.3. The Morgan fingerprint density at radius 2 is 1.92 bits per heavy atom. The van der Waals surface area contributed by atoms with E-state index in [4.69, 9.17) is 0 Å². The molecule has 0 fully saturated rings. The highest BCUT2D eigenvalue weighted by molar-refractivity contribution is 6.17. The number of pyridine rings is 1. The summed E-state index contributed by atoms with van der Waals surface area (Å²) in [5, 5.41) is 13.2. The fourth-order valence-electron chi connectivity index (χ4n) is 2.61. The van der Waals surface area contributed by atoms with Crippen LogP contribution in [-0.2, 0) is 6.18 Å². The minimum atomic E-state index is -4.51. The molecule has 0 saturated heterocycles. The summed E-state index contributed by atoms with van der Waals surface area (Å²) in [4.78, 5) is 8.50. The molecule has 0 aliphatic carbocycles. The number of alkyl halides is 3. The number of halogens is 3. The average molecular weight is 333 g/mol. The third-order valence-corrected chi connectivity index (χ3v) is 3.76. The molecule has 0 saturated carbocycles. The van der Waals surface area contributed by atoms with Gasteiger partial charge in [0, 0.05) is 41.8 Å². The summed E-state index contributed by atoms with van der Waals surface area (Å²) in [5.74, 6) is -0.459. The van der Waals surface area contributed by atoms with Gasteiger partial charge in [-0.1, -0.05) is 0 Å². The molecule has 1 aliphatic heterocycles. The number of fused-ring (bicyclic) bond motifs is 1. The monoisotopic (exact) mass is 333 g/mol. The van der Waals surface area contributed by atoms with Crippen LogP contribution in [0.3, 0.4) is 0 Å². The first-order valence-electron chi connectivity index (χ1n) is 7.19. The van der Waals surface area contributed by atoms with Gasteiger partial charge in [0.05, 0.1) is 17.8 Å². The first-order chi connectivity index (χ1) is 11.4. The Labute approximate surface area is 136 Å². The summed E-state index contributed by atoms with van der Waals surface area (Å²) >= 11 is 0. The molecular weight excluding hydrogens is 319 g/mol. The Morgan fingerprint density at radius 1 is 1.12 bits per heavy atom. The Bertz CT molecular complexity index is 841. The van der Waals surface area contributed by atoms with Crippen LogP contribution in [0.1, 0.15) is 22.3 Å². The van der Waals surface area contributed by atoms with Crippen LogP contribution in [0, 0.1) is 0 Å². The molecule has 0 spiro atoms. The van der Waals surface area contributed by atoms with E-state index < -0.39 is 17.5 Å². The SMILES string of the molecule is CNC1=CCN=C(c2ccc(C(F)(F)F)cc2O)c2ccncc21. The van der Waals surface area contributed by atoms with Gasteiger partial charge in [-0.15, -0.1) is 0 Å². The van der Waals surface area contributed by atoms with E-state index >= 15 is 0 Å². The summed E-state index contributed by atoms with van der Waals surface area (Å²) in [5.41, 5.74) is 2.07. The van der Waals surface area contributed by atoms with Crippen LogP contribution in [-0.4, -0.2) is 29.4 Å². The van der Waals surface area contributed by atoms with Crippen molar-refractivity contribution in [3.8, 4) is 5.75 Å². The van der Waals surface area contributed by atoms with E-state index in [1.165, 1.54) is 6.07 Å². The van der Waals surface area contributed by atoms with Crippen molar-refractivity contribution in [2.24, 2.45) is 4.99 Å². The summed E-state index contributed by atoms with van der Waals surface area (Å²) in [6, 6.07) is 4.62. The number of phenolic OH excluding ortho intramolecular Hbond substituents is 1. The number of aliphatic imine (C=N–C) groups is 1. The van der Waals surface area contributed by atoms with Crippen LogP contribution in [0.4, 0.5) is 13.2 Å². The number of hydrogen-bond acceptors (Lipinski definition) is 4. The summed E-state index contributed by atoms with van der Waals surface area (Å²) in [6.07, 6.45) is 0.576. The quantitative estimate of drug-likeness (QED) is 0.887. The predicted octanol–water partition coefficient (Wildman–Crippen LogP) is 3.22. The van der Waals surface area contributed by atoms with Gasteiger partial charge in [-0.25, -0.2) is 0 Å². The number of rotatable bonds is 2. The molecule has 0 bridgehead atoms. The molecule has 0 radical (unpaired) electrons. The van der Waals surface area contributed by atoms with Crippen molar-refractivity contribution >= 4 is 11.4 Å². The van der Waals surface area contributed by atoms with Crippen LogP contribution in [0.25, 0.3) is 5.70 Å². The van der Waals surface area contributed by atoms with E-state index in [0.29, 0.717) is 17.8 Å². The number of hydrogen-bond donors (Lipinski definition) is 2. The molecule has 3 rings (SSSR count). The minimum absolute atomic E-state index is 0.251. The van der Waals surface area contributed by atoms with Gasteiger partial charge in [0.15, 0.2) is 0 Å². The highest BCUT2D eigenvalue weighted by Gasteiger charge is 2.31. The zero-order chi connectivity index (χ0) is 17.3. The maximum atomic E-state index is 12.8. The van der Waals surface area contributed by atoms with E-state index in [2.05, 4.69) is 15.3 Å². The predicted molar refractivity (Wildman–Crippen MR) is 84.9 cm³/mol. The van der Waals surface area contributed by atoms with Crippen LogP contribution in [0.15, 0.2) is 47.7 Å². The molecule has 2 N–H and O–H groups in total. The van der Waals surface area contributed by atoms with Gasteiger partial charge in [-0.05, 0) is 30.3 Å². The molecule has 7 heteroatoms. The minimum Gasteiger partial charge on any atom is -0.507 e. The lowest BCUT2D eigenvalue weighted by Gasteiger charge is -2.14. The standard InChI is InChI=1S/C17H14F3N3O/c1-21-14-5-7-23-16(11-4-6-22-9-13(11)14)12-3-2-10(8-15(12)24)17(18,19)20/h2-6,8-9,21,24H,7H2,1H3. The van der Waals surface area contributed by atoms with Crippen LogP contribution in [0.2, 0.25) is 0 Å². The molecule has 0 unspecified atom stereocenters. The molecule has 2 aromatic rings. The molecule has 24 heavy (non-hydrogen) atoms. The zero-order valence-corrected chi connectivity index (χ0v) is 12.7. The van der Waals surface area contributed by atoms with Crippen LogP contribution < -0.4 is 5.32 Å². The van der Waals surface area contributed by atoms with Crippen molar-refractivity contribution in [3.63, 3.8) is 0 Å². The molecule has 4 nitrogen and oxygen atoms in total. The van der Waals surface area contributed by atoms with E-state index in [-0.39, 0.29) is 5.56 Å². The first-order valence-corrected chi connectivity index (χ1v) is 7.19. The van der Waals surface area contributed by atoms with Crippen molar-refractivity contribution in [3.05, 3.63) is 65.0 Å². The molecule has 0 amide bonds. The maximum Gasteiger partial charge on any atom is 0.416 e. The number of nitrogens with zero attached hydrogens (tertiary/aromatic N) is 2. The Morgan fingerprint density at radius 3 is 2.58 bits per heavy atom. The Balaban J connectivity index is 2.12. The normalized spacial score (nSPS) is 14.3. The second-order valence-corrected chi connectivity index (χ2v) is 5.21. The summed E-state index contributed by atoms with van der Waals surface area (Å²) in [7, 11) is 1.77. The Kier molecular flexibility index (Phi) is 4.01. The van der Waals surface area contributed by atoms with Gasteiger partial charge < -0.3 is 10.4 Å². The third kappa shape index (κ3) is 2.84. The largest absolute Gasteiger partial charge is 0.507 e. The first kappa shape index (κ1) is 16.0. The fraction of sp³-hybridized carbons (Fsp3) is 0.176. The van der Waals surface area contributed by atoms with Crippen LogP contribution >= 0.6 is 0 Å². The van der Waals surface area contributed by atoms with Gasteiger partial charge in [0.1, 0.15) is 5.75 Å². The lowest BCUT2D eigenvalue weighted by molar-refractivity contribution is -0.137. The van der Waals surface area contributed by atoms with Gasteiger partial charge in [-0.3, -0.25) is 9.98 Å². The summed E-state index contributed by atoms with van der Waals surface area (Å²) in [6.45, 7) is 0.334. The molecular formula is C17H14F3N3O. The lowest BCUT2D eigenvalue weighted by atomic mass is 9.96. The van der Waals surface area contributed by atoms with Gasteiger partial charge >= 0.3 is 6.18 Å². The van der Waals surface area contributed by atoms with Crippen LogP contribution in [0.5, 0.6) is 5.75 Å². The fourth-order valence-corrected chi connectivity index (χ4v) is 2.61. The molecule has 1 aromatic carbocycles. The molecule has 124 valence electrons. The van der Waals surface area contributed by atoms with Crippen molar-refractivity contribution < 1.29 is 18.3 Å². The van der Waals surface area contributed by atoms with Gasteiger partial charge in [-0.2, -0.15) is 13.2 Å². The highest BCUT2D eigenvalue weighted by atomic mass is 19.4. The molecule has 1 aliphatic rings. The highest BCUT2D eigenvalue weighted by Crippen LogP contribution is 2.34. The number of nitrogens with one attached hydrogen (secondary N) is 1. The number of aromatic hydroxyl groups is 1. The molecule has 1 aromatic heterocycles. The topological polar surface area (TPSA) is 57.5 Å². The molecule has 0 atom stereocenters. The average Bonchev–Trinajstić information content (AvgIpc) is 2.73. The smallest absolute Gasteiger partial charge is 0.416 e. The van der Waals surface area contributed by atoms with Crippen molar-refractivity contribution in [2.45, 2.75) is 6.18 Å². The number of phenols is 1. The second kappa shape index (κ2) is 5.99. The Hall–Kier alpha value is -2.83. The van der Waals surface area contributed by atoms with E-state index in [1.54, 1.807) is 25.5 Å². The number of benzene rings is 1. The van der Waals surface area contributed by atoms with Crippen molar-refractivity contribution in [1.82, 2.24) is 10.3 Å². The zero-order valence-electron chi connectivity index (χ0n) is 12.7. The van der Waals surface area contributed by atoms with Gasteiger partial charge in [0.25, 0.3) is 0 Å². The van der Waals surface area contributed by atoms with Crippen molar-refractivity contribution in [2.75, 3.05) is 13.6 Å². The second-order valence-electron chi connectivity index (χ2n) is 5.21. The van der Waals surface area contributed by atoms with Gasteiger partial charge in [0.2, 0.25) is 0 Å². The van der Waals surface area contributed by atoms with E-state index in [9.17, 15) is 18.3 Å². The van der Waals surface area contributed by atoms with E-state index in [1.807, 2.05) is 6.08 Å². The van der Waals surface area contributed by atoms with E-state index in [0.717, 1.165) is 23.4 Å². The lowest BCUT2D eigenvalue weighted by Crippen LogP contribution is -2.12. The van der Waals surface area contributed by atoms with Crippen molar-refractivity contribution in [1.29, 1.82) is 0 Å².